The summed E-state index contributed by atoms with van der Waals surface area (Å²) >= 11 is 0. The molecule has 0 saturated heterocycles. The number of rotatable bonds is 0. The third-order valence-electron chi connectivity index (χ3n) is 1.82. The average Bonchev–Trinajstić information content (AvgIpc) is 1.79. The van der Waals surface area contributed by atoms with Crippen LogP contribution in [0.2, 0.25) is 0 Å². The molecule has 0 spiro atoms. The van der Waals surface area contributed by atoms with Crippen molar-refractivity contribution in [2.75, 3.05) is 0 Å². The van der Waals surface area contributed by atoms with E-state index in [2.05, 4.69) is 12.2 Å². The van der Waals surface area contributed by atoms with Gasteiger partial charge in [-0.25, -0.2) is 0 Å². The van der Waals surface area contributed by atoms with Gasteiger partial charge in [0.05, 0.1) is 0 Å². The maximum absolute atomic E-state index is 5.77. The molecule has 1 nitrogen and oxygen atoms in total. The molecular weight excluding hydrogens is 110 g/mol. The number of hydrogen-bond donors (Lipinski definition) is 1. The molecule has 52 valence electrons. The highest BCUT2D eigenvalue weighted by Crippen LogP contribution is 2.09. The van der Waals surface area contributed by atoms with Crippen LogP contribution in [0.5, 0.6) is 0 Å². The van der Waals surface area contributed by atoms with Crippen LogP contribution in [0.3, 0.4) is 0 Å². The van der Waals surface area contributed by atoms with Crippen LogP contribution in [0.1, 0.15) is 32.1 Å². The topological polar surface area (TPSA) is 26.0 Å². The Morgan fingerprint density at radius 3 is 2.78 bits per heavy atom. The Balaban J connectivity index is 2.27. The Labute approximate surface area is 56.9 Å². The van der Waals surface area contributed by atoms with Crippen LogP contribution < -0.4 is 5.73 Å². The molecule has 1 aliphatic carbocycles. The van der Waals surface area contributed by atoms with Gasteiger partial charge in [0.25, 0.3) is 0 Å². The van der Waals surface area contributed by atoms with Crippen molar-refractivity contribution in [2.45, 2.75) is 38.1 Å². The lowest BCUT2D eigenvalue weighted by Crippen LogP contribution is -2.19. The van der Waals surface area contributed by atoms with Gasteiger partial charge in [-0.05, 0) is 32.1 Å². The molecule has 0 radical (unpaired) electrons. The van der Waals surface area contributed by atoms with E-state index in [4.69, 9.17) is 5.73 Å². The van der Waals surface area contributed by atoms with Crippen LogP contribution in [-0.2, 0) is 0 Å². The Kier molecular flexibility index (Phi) is 2.78. The minimum atomic E-state index is 0.468. The van der Waals surface area contributed by atoms with Crippen LogP contribution in [0.4, 0.5) is 0 Å². The van der Waals surface area contributed by atoms with Crippen molar-refractivity contribution < 1.29 is 0 Å². The zero-order valence-corrected chi connectivity index (χ0v) is 5.84. The van der Waals surface area contributed by atoms with Crippen molar-refractivity contribution in [2.24, 2.45) is 5.73 Å². The van der Waals surface area contributed by atoms with Gasteiger partial charge in [0, 0.05) is 6.04 Å². The van der Waals surface area contributed by atoms with Gasteiger partial charge in [-0.1, -0.05) is 12.2 Å². The summed E-state index contributed by atoms with van der Waals surface area (Å²) in [6.07, 6.45) is 10.6. The molecule has 0 saturated carbocycles. The van der Waals surface area contributed by atoms with E-state index in [1.54, 1.807) is 0 Å². The SMILES string of the molecule is NC1CC/C=C/CCC1. The summed E-state index contributed by atoms with van der Waals surface area (Å²) in [6.45, 7) is 0. The number of allylic oxidation sites excluding steroid dienone is 2. The molecule has 9 heavy (non-hydrogen) atoms. The van der Waals surface area contributed by atoms with Crippen LogP contribution in [-0.4, -0.2) is 6.04 Å². The molecule has 2 N–H and O–H groups in total. The molecule has 0 aromatic rings. The van der Waals surface area contributed by atoms with E-state index in [9.17, 15) is 0 Å². The molecule has 1 aliphatic rings. The summed E-state index contributed by atoms with van der Waals surface area (Å²) in [5.74, 6) is 0. The fourth-order valence-electron chi connectivity index (χ4n) is 1.19. The van der Waals surface area contributed by atoms with Gasteiger partial charge < -0.3 is 5.73 Å². The standard InChI is InChI=1S/C8H15N/c9-8-6-4-2-1-3-5-7-8/h1-2,8H,3-7,9H2/b2-1+. The normalized spacial score (nSPS) is 32.8. The Bertz CT molecular complexity index is 96.7. The Morgan fingerprint density at radius 1 is 1.11 bits per heavy atom. The van der Waals surface area contributed by atoms with E-state index in [0.29, 0.717) is 6.04 Å². The summed E-state index contributed by atoms with van der Waals surface area (Å²) in [5, 5.41) is 0. The van der Waals surface area contributed by atoms with E-state index < -0.39 is 0 Å². The second kappa shape index (κ2) is 3.67. The molecular formula is C8H15N. The summed E-state index contributed by atoms with van der Waals surface area (Å²) in [6, 6.07) is 0.468. The van der Waals surface area contributed by atoms with Crippen molar-refractivity contribution in [1.29, 1.82) is 0 Å². The first-order valence-corrected chi connectivity index (χ1v) is 3.80. The van der Waals surface area contributed by atoms with E-state index >= 15 is 0 Å². The molecule has 0 fully saturated rings. The van der Waals surface area contributed by atoms with Crippen molar-refractivity contribution in [3.05, 3.63) is 12.2 Å². The lowest BCUT2D eigenvalue weighted by atomic mass is 10.0. The van der Waals surface area contributed by atoms with Gasteiger partial charge in [0.1, 0.15) is 0 Å². The van der Waals surface area contributed by atoms with Gasteiger partial charge in [-0.2, -0.15) is 0 Å². The molecule has 1 unspecified atom stereocenters. The van der Waals surface area contributed by atoms with Gasteiger partial charge in [0.2, 0.25) is 0 Å². The summed E-state index contributed by atoms with van der Waals surface area (Å²) < 4.78 is 0. The fourth-order valence-corrected chi connectivity index (χ4v) is 1.19. The van der Waals surface area contributed by atoms with Crippen molar-refractivity contribution in [3.8, 4) is 0 Å². The van der Waals surface area contributed by atoms with Crippen LogP contribution >= 0.6 is 0 Å². The lowest BCUT2D eigenvalue weighted by Gasteiger charge is -2.10. The first-order valence-electron chi connectivity index (χ1n) is 3.80. The third-order valence-corrected chi connectivity index (χ3v) is 1.82. The van der Waals surface area contributed by atoms with Gasteiger partial charge >= 0.3 is 0 Å². The minimum absolute atomic E-state index is 0.468. The molecule has 0 heterocycles. The quantitative estimate of drug-likeness (QED) is 0.491. The molecule has 0 aromatic heterocycles. The summed E-state index contributed by atoms with van der Waals surface area (Å²) in [4.78, 5) is 0. The van der Waals surface area contributed by atoms with E-state index in [0.717, 1.165) is 0 Å². The third kappa shape index (κ3) is 2.66. The van der Waals surface area contributed by atoms with Crippen molar-refractivity contribution in [3.63, 3.8) is 0 Å². The first-order chi connectivity index (χ1) is 4.39. The average molecular weight is 125 g/mol. The molecule has 1 rings (SSSR count). The van der Waals surface area contributed by atoms with Crippen molar-refractivity contribution >= 4 is 0 Å². The number of hydrogen-bond acceptors (Lipinski definition) is 1. The highest BCUT2D eigenvalue weighted by Gasteiger charge is 2.01. The second-order valence-corrected chi connectivity index (χ2v) is 2.74. The second-order valence-electron chi connectivity index (χ2n) is 2.74. The Morgan fingerprint density at radius 2 is 1.89 bits per heavy atom. The maximum Gasteiger partial charge on any atom is 0.00418 e. The number of nitrogens with two attached hydrogens (primary N) is 1. The Hall–Kier alpha value is -0.300. The zero-order valence-electron chi connectivity index (χ0n) is 5.84. The van der Waals surface area contributed by atoms with Crippen LogP contribution in [0, 0.1) is 0 Å². The smallest absolute Gasteiger partial charge is 0.00418 e. The zero-order chi connectivity index (χ0) is 6.53. The maximum atomic E-state index is 5.77. The van der Waals surface area contributed by atoms with E-state index in [1.807, 2.05) is 0 Å². The molecule has 0 aromatic carbocycles. The highest BCUT2D eigenvalue weighted by molar-refractivity contribution is 4.85. The van der Waals surface area contributed by atoms with Gasteiger partial charge in [-0.15, -0.1) is 0 Å². The predicted molar refractivity (Wildman–Crippen MR) is 40.2 cm³/mol. The van der Waals surface area contributed by atoms with Crippen LogP contribution in [0.25, 0.3) is 0 Å². The first kappa shape index (κ1) is 6.81. The summed E-state index contributed by atoms with van der Waals surface area (Å²) in [5.41, 5.74) is 5.77. The van der Waals surface area contributed by atoms with Gasteiger partial charge in [0.15, 0.2) is 0 Å². The molecule has 1 atom stereocenters. The van der Waals surface area contributed by atoms with Crippen molar-refractivity contribution in [1.82, 2.24) is 0 Å². The predicted octanol–water partition coefficient (Wildman–Crippen LogP) is 1.83. The molecule has 1 heteroatoms. The molecule has 0 aliphatic heterocycles. The lowest BCUT2D eigenvalue weighted by molar-refractivity contribution is 0.544. The minimum Gasteiger partial charge on any atom is -0.328 e. The summed E-state index contributed by atoms with van der Waals surface area (Å²) in [7, 11) is 0. The van der Waals surface area contributed by atoms with Crippen LogP contribution in [0.15, 0.2) is 12.2 Å². The highest BCUT2D eigenvalue weighted by atomic mass is 14.6. The monoisotopic (exact) mass is 125 g/mol. The van der Waals surface area contributed by atoms with E-state index in [1.165, 1.54) is 32.1 Å². The van der Waals surface area contributed by atoms with E-state index in [-0.39, 0.29) is 0 Å². The molecule has 0 bridgehead atoms. The fraction of sp³-hybridized carbons (Fsp3) is 0.750. The van der Waals surface area contributed by atoms with Gasteiger partial charge in [-0.3, -0.25) is 0 Å². The largest absolute Gasteiger partial charge is 0.328 e. The molecule has 0 amide bonds.